The van der Waals surface area contributed by atoms with Gasteiger partial charge in [0.2, 0.25) is 0 Å². The minimum absolute atomic E-state index is 0.280. The van der Waals surface area contributed by atoms with Crippen LogP contribution in [0.15, 0.2) is 34.2 Å². The van der Waals surface area contributed by atoms with Crippen molar-refractivity contribution in [2.45, 2.75) is 0 Å². The lowest BCUT2D eigenvalue weighted by Gasteiger charge is -1.99. The van der Waals surface area contributed by atoms with Crippen LogP contribution in [-0.2, 0) is 0 Å². The fraction of sp³-hybridized carbons (Fsp3) is 0. The molecule has 0 radical (unpaired) electrons. The summed E-state index contributed by atoms with van der Waals surface area (Å²) in [5, 5.41) is 2.35. The maximum absolute atomic E-state index is 12.6. The van der Waals surface area contributed by atoms with Gasteiger partial charge >= 0.3 is 0 Å². The van der Waals surface area contributed by atoms with Gasteiger partial charge in [-0.05, 0) is 40.2 Å². The van der Waals surface area contributed by atoms with Gasteiger partial charge in [0.15, 0.2) is 0 Å². The van der Waals surface area contributed by atoms with Gasteiger partial charge in [0, 0.05) is 5.38 Å². The van der Waals surface area contributed by atoms with Gasteiger partial charge in [-0.15, -0.1) is 0 Å². The highest BCUT2D eigenvalue weighted by Gasteiger charge is 2.01. The van der Waals surface area contributed by atoms with E-state index in [1.165, 1.54) is 23.5 Å². The largest absolute Gasteiger partial charge is 0.431 e. The van der Waals surface area contributed by atoms with E-state index < -0.39 is 0 Å². The number of benzene rings is 1. The molecular weight excluding hydrogens is 269 g/mol. The van der Waals surface area contributed by atoms with Gasteiger partial charge in [0.25, 0.3) is 5.19 Å². The minimum Gasteiger partial charge on any atom is -0.431 e. The molecule has 0 N–H and O–H groups in total. The Morgan fingerprint density at radius 3 is 2.57 bits per heavy atom. The number of ether oxygens (including phenoxy) is 1. The van der Waals surface area contributed by atoms with Crippen LogP contribution in [-0.4, -0.2) is 4.98 Å². The molecule has 0 atom stereocenters. The van der Waals surface area contributed by atoms with Gasteiger partial charge in [-0.2, -0.15) is 4.98 Å². The quantitative estimate of drug-likeness (QED) is 0.830. The van der Waals surface area contributed by atoms with Crippen LogP contribution < -0.4 is 4.74 Å². The molecule has 1 heterocycles. The van der Waals surface area contributed by atoms with E-state index in [4.69, 9.17) is 4.74 Å². The first-order valence-electron chi connectivity index (χ1n) is 3.78. The predicted octanol–water partition coefficient (Wildman–Crippen LogP) is 3.84. The highest BCUT2D eigenvalue weighted by Crippen LogP contribution is 2.27. The Morgan fingerprint density at radius 2 is 2.00 bits per heavy atom. The summed E-state index contributed by atoms with van der Waals surface area (Å²) in [6.45, 7) is 0. The maximum Gasteiger partial charge on any atom is 0.279 e. The van der Waals surface area contributed by atoms with Gasteiger partial charge in [0.1, 0.15) is 16.2 Å². The van der Waals surface area contributed by atoms with Crippen molar-refractivity contribution in [1.29, 1.82) is 0 Å². The number of halogens is 2. The first-order valence-corrected chi connectivity index (χ1v) is 5.46. The van der Waals surface area contributed by atoms with Crippen molar-refractivity contribution in [3.8, 4) is 10.9 Å². The molecule has 0 unspecified atom stereocenters. The molecule has 0 aliphatic rings. The molecule has 0 saturated carbocycles. The monoisotopic (exact) mass is 273 g/mol. The summed E-state index contributed by atoms with van der Waals surface area (Å²) in [5.74, 6) is 0.297. The molecule has 0 aliphatic carbocycles. The van der Waals surface area contributed by atoms with Gasteiger partial charge in [0.05, 0.1) is 0 Å². The van der Waals surface area contributed by atoms with Crippen LogP contribution in [0.4, 0.5) is 4.39 Å². The molecule has 0 amide bonds. The number of aromatic nitrogens is 1. The Labute approximate surface area is 92.5 Å². The molecule has 1 aromatic carbocycles. The van der Waals surface area contributed by atoms with E-state index in [1.54, 1.807) is 12.1 Å². The topological polar surface area (TPSA) is 22.1 Å². The SMILES string of the molecule is Fc1ccc(Oc2nc(Br)cs2)cc1. The highest BCUT2D eigenvalue weighted by molar-refractivity contribution is 9.10. The molecule has 0 fully saturated rings. The van der Waals surface area contributed by atoms with Crippen LogP contribution in [0.1, 0.15) is 0 Å². The molecular formula is C9H5BrFNOS. The molecule has 1 aromatic heterocycles. The molecule has 2 aromatic rings. The Morgan fingerprint density at radius 1 is 1.29 bits per heavy atom. The first kappa shape index (κ1) is 9.61. The molecule has 0 spiro atoms. The Balaban J connectivity index is 2.15. The van der Waals surface area contributed by atoms with Crippen LogP contribution in [0.2, 0.25) is 0 Å². The first-order chi connectivity index (χ1) is 6.74. The fourth-order valence-corrected chi connectivity index (χ4v) is 1.99. The van der Waals surface area contributed by atoms with Crippen LogP contribution in [0.25, 0.3) is 0 Å². The molecule has 5 heteroatoms. The van der Waals surface area contributed by atoms with Gasteiger partial charge in [-0.1, -0.05) is 11.3 Å². The van der Waals surface area contributed by atoms with Crippen molar-refractivity contribution in [1.82, 2.24) is 4.98 Å². The molecule has 0 bridgehead atoms. The van der Waals surface area contributed by atoms with Crippen LogP contribution in [0, 0.1) is 5.82 Å². The number of rotatable bonds is 2. The summed E-state index contributed by atoms with van der Waals surface area (Å²) in [6, 6.07) is 5.81. The van der Waals surface area contributed by atoms with Crippen molar-refractivity contribution in [3.05, 3.63) is 40.1 Å². The highest BCUT2D eigenvalue weighted by atomic mass is 79.9. The maximum atomic E-state index is 12.6. The van der Waals surface area contributed by atoms with Crippen molar-refractivity contribution < 1.29 is 9.13 Å². The molecule has 0 saturated heterocycles. The zero-order valence-corrected chi connectivity index (χ0v) is 9.31. The number of hydrogen-bond acceptors (Lipinski definition) is 3. The summed E-state index contributed by atoms with van der Waals surface area (Å²) in [7, 11) is 0. The Bertz CT molecular complexity index is 429. The number of thiazole rings is 1. The third-order valence-electron chi connectivity index (χ3n) is 1.47. The molecule has 72 valence electrons. The molecule has 14 heavy (non-hydrogen) atoms. The van der Waals surface area contributed by atoms with E-state index in [1.807, 2.05) is 5.38 Å². The van der Waals surface area contributed by atoms with Gasteiger partial charge in [-0.3, -0.25) is 0 Å². The second kappa shape index (κ2) is 4.06. The van der Waals surface area contributed by atoms with E-state index in [0.29, 0.717) is 10.9 Å². The van der Waals surface area contributed by atoms with Crippen LogP contribution in [0.5, 0.6) is 10.9 Å². The summed E-state index contributed by atoms with van der Waals surface area (Å²) in [5.41, 5.74) is 0. The van der Waals surface area contributed by atoms with E-state index in [0.717, 1.165) is 4.60 Å². The third-order valence-corrected chi connectivity index (χ3v) is 2.90. The third kappa shape index (κ3) is 2.30. The van der Waals surface area contributed by atoms with E-state index in [2.05, 4.69) is 20.9 Å². The summed E-state index contributed by atoms with van der Waals surface area (Å²) < 4.78 is 18.7. The zero-order chi connectivity index (χ0) is 9.97. The predicted molar refractivity (Wildman–Crippen MR) is 56.3 cm³/mol. The fourth-order valence-electron chi connectivity index (χ4n) is 0.889. The molecule has 2 rings (SSSR count). The second-order valence-corrected chi connectivity index (χ2v) is 4.13. The second-order valence-electron chi connectivity index (χ2n) is 2.49. The van der Waals surface area contributed by atoms with Crippen LogP contribution >= 0.6 is 27.3 Å². The van der Waals surface area contributed by atoms with Crippen molar-refractivity contribution in [2.24, 2.45) is 0 Å². The van der Waals surface area contributed by atoms with Gasteiger partial charge in [-0.25, -0.2) is 4.39 Å². The van der Waals surface area contributed by atoms with Crippen molar-refractivity contribution >= 4 is 27.3 Å². The Hall–Kier alpha value is -0.940. The normalized spacial score (nSPS) is 10.1. The minimum atomic E-state index is -0.280. The lowest BCUT2D eigenvalue weighted by molar-refractivity contribution is 0.476. The number of nitrogens with zero attached hydrogens (tertiary/aromatic N) is 1. The lowest BCUT2D eigenvalue weighted by Crippen LogP contribution is -1.82. The molecule has 2 nitrogen and oxygen atoms in total. The average Bonchev–Trinajstić information content (AvgIpc) is 2.56. The van der Waals surface area contributed by atoms with E-state index >= 15 is 0 Å². The smallest absolute Gasteiger partial charge is 0.279 e. The zero-order valence-electron chi connectivity index (χ0n) is 6.91. The van der Waals surface area contributed by atoms with Crippen molar-refractivity contribution in [3.63, 3.8) is 0 Å². The average molecular weight is 274 g/mol. The summed E-state index contributed by atoms with van der Waals surface area (Å²) >= 11 is 4.59. The van der Waals surface area contributed by atoms with E-state index in [-0.39, 0.29) is 5.82 Å². The summed E-state index contributed by atoms with van der Waals surface area (Å²) in [4.78, 5) is 4.05. The van der Waals surface area contributed by atoms with Gasteiger partial charge < -0.3 is 4.74 Å². The van der Waals surface area contributed by atoms with Crippen LogP contribution in [0.3, 0.4) is 0 Å². The lowest BCUT2D eigenvalue weighted by atomic mass is 10.3. The van der Waals surface area contributed by atoms with Crippen molar-refractivity contribution in [2.75, 3.05) is 0 Å². The Kier molecular flexibility index (Phi) is 2.79. The summed E-state index contributed by atoms with van der Waals surface area (Å²) in [6.07, 6.45) is 0. The van der Waals surface area contributed by atoms with E-state index in [9.17, 15) is 4.39 Å². The molecule has 0 aliphatic heterocycles. The number of hydrogen-bond donors (Lipinski definition) is 0. The standard InChI is InChI=1S/C9H5BrFNOS/c10-8-5-14-9(12-8)13-7-3-1-6(11)2-4-7/h1-5H.